The van der Waals surface area contributed by atoms with E-state index in [4.69, 9.17) is 9.47 Å². The first kappa shape index (κ1) is 33.8. The molecule has 0 saturated heterocycles. The van der Waals surface area contributed by atoms with Gasteiger partial charge >= 0.3 is 17.9 Å². The summed E-state index contributed by atoms with van der Waals surface area (Å²) in [6, 6.07) is 0. The highest BCUT2D eigenvalue weighted by molar-refractivity contribution is 5.86. The third-order valence-electron chi connectivity index (χ3n) is 4.53. The molecule has 0 aliphatic carbocycles. The van der Waals surface area contributed by atoms with Crippen molar-refractivity contribution in [3.05, 3.63) is 0 Å². The smallest absolute Gasteiger partial charge is 0.361 e. The molecular formula is C24H36N6O10. The van der Waals surface area contributed by atoms with Gasteiger partial charge in [0.2, 0.25) is 17.8 Å². The number of ketones is 3. The van der Waals surface area contributed by atoms with Crippen molar-refractivity contribution in [1.82, 2.24) is 15.0 Å². The first-order valence-corrected chi connectivity index (χ1v) is 12.5. The Hall–Kier alpha value is -4.21. The first-order chi connectivity index (χ1) is 18.9. The van der Waals surface area contributed by atoms with E-state index >= 15 is 0 Å². The van der Waals surface area contributed by atoms with Gasteiger partial charge in [0.1, 0.15) is 37.0 Å². The Labute approximate surface area is 231 Å². The van der Waals surface area contributed by atoms with Crippen molar-refractivity contribution in [1.29, 1.82) is 0 Å². The van der Waals surface area contributed by atoms with Crippen LogP contribution in [0.4, 0.5) is 17.8 Å². The lowest BCUT2D eigenvalue weighted by Gasteiger charge is -2.27. The van der Waals surface area contributed by atoms with Crippen molar-refractivity contribution in [3.8, 4) is 0 Å². The molecule has 0 fully saturated rings. The Morgan fingerprint density at radius 1 is 0.525 bits per heavy atom. The summed E-state index contributed by atoms with van der Waals surface area (Å²) in [7, 11) is 0. The number of hydrogen-bond acceptors (Lipinski definition) is 16. The molecule has 222 valence electrons. The summed E-state index contributed by atoms with van der Waals surface area (Å²) in [5, 5.41) is 0. The van der Waals surface area contributed by atoms with Crippen LogP contribution < -0.4 is 14.7 Å². The van der Waals surface area contributed by atoms with E-state index in [2.05, 4.69) is 24.7 Å². The molecule has 0 spiro atoms. The molecule has 0 atom stereocenters. The van der Waals surface area contributed by atoms with Gasteiger partial charge in [-0.2, -0.15) is 19.8 Å². The standard InChI is InChI=1S/C24H36N6O10/c1-7-37-19(34)13-29(12-18(6)33)23-25-22(28(10-16(4)31)11-17(5)32)26-24(27-23)30(14-20(35)38-8-2)15-21(36)40-39-9-3/h7-15H2,1-6H3. The summed E-state index contributed by atoms with van der Waals surface area (Å²) in [5.74, 6) is -3.96. The molecule has 0 radical (unpaired) electrons. The Morgan fingerprint density at radius 3 is 1.18 bits per heavy atom. The maximum atomic E-state index is 12.4. The highest BCUT2D eigenvalue weighted by Crippen LogP contribution is 2.20. The number of nitrogens with zero attached hydrogens (tertiary/aromatic N) is 6. The Kier molecular flexibility index (Phi) is 14.7. The van der Waals surface area contributed by atoms with Crippen LogP contribution in [0.3, 0.4) is 0 Å². The molecule has 0 aromatic carbocycles. The van der Waals surface area contributed by atoms with E-state index in [1.54, 1.807) is 20.8 Å². The van der Waals surface area contributed by atoms with Crippen LogP contribution >= 0.6 is 0 Å². The number of aromatic nitrogens is 3. The van der Waals surface area contributed by atoms with Gasteiger partial charge < -0.3 is 24.2 Å². The molecule has 0 saturated carbocycles. The SMILES string of the molecule is CCOOC(=O)CN(CC(=O)OCC)c1nc(N(CC(C)=O)CC(C)=O)nc(N(CC(C)=O)CC(=O)OCC)n1. The van der Waals surface area contributed by atoms with Crippen LogP contribution in [0.1, 0.15) is 41.5 Å². The second-order valence-corrected chi connectivity index (χ2v) is 8.38. The molecule has 0 aliphatic rings. The number of carbonyl (C=O) groups is 6. The summed E-state index contributed by atoms with van der Waals surface area (Å²) in [6.07, 6.45) is 0. The number of ether oxygens (including phenoxy) is 2. The summed E-state index contributed by atoms with van der Waals surface area (Å²) < 4.78 is 9.99. The van der Waals surface area contributed by atoms with Crippen molar-refractivity contribution in [2.24, 2.45) is 0 Å². The van der Waals surface area contributed by atoms with Gasteiger partial charge in [0.05, 0.1) is 39.5 Å². The van der Waals surface area contributed by atoms with Gasteiger partial charge in [0.15, 0.2) is 0 Å². The topological polar surface area (TPSA) is 188 Å². The van der Waals surface area contributed by atoms with E-state index < -0.39 is 37.5 Å². The summed E-state index contributed by atoms with van der Waals surface area (Å²) >= 11 is 0. The van der Waals surface area contributed by atoms with E-state index in [0.717, 1.165) is 4.90 Å². The van der Waals surface area contributed by atoms with Crippen molar-refractivity contribution < 1.29 is 48.0 Å². The lowest BCUT2D eigenvalue weighted by molar-refractivity contribution is -0.268. The first-order valence-electron chi connectivity index (χ1n) is 12.5. The lowest BCUT2D eigenvalue weighted by Crippen LogP contribution is -2.41. The highest BCUT2D eigenvalue weighted by Gasteiger charge is 2.27. The highest BCUT2D eigenvalue weighted by atomic mass is 17.2. The van der Waals surface area contributed by atoms with E-state index in [-0.39, 0.29) is 74.6 Å². The van der Waals surface area contributed by atoms with Gasteiger partial charge in [-0.25, -0.2) is 4.79 Å². The predicted octanol–water partition coefficient (Wildman–Crippen LogP) is -0.321. The van der Waals surface area contributed by atoms with E-state index in [1.807, 2.05) is 0 Å². The van der Waals surface area contributed by atoms with E-state index in [0.29, 0.717) is 0 Å². The van der Waals surface area contributed by atoms with Gasteiger partial charge in [-0.3, -0.25) is 28.9 Å². The molecule has 0 aliphatic heterocycles. The van der Waals surface area contributed by atoms with Crippen LogP contribution in [0, 0.1) is 0 Å². The Bertz CT molecular complexity index is 1050. The van der Waals surface area contributed by atoms with Gasteiger partial charge in [0, 0.05) is 0 Å². The van der Waals surface area contributed by atoms with Crippen molar-refractivity contribution in [3.63, 3.8) is 0 Å². The molecule has 0 N–H and O–H groups in total. The second kappa shape index (κ2) is 17.4. The maximum Gasteiger partial charge on any atom is 0.361 e. The molecule has 16 heteroatoms. The quantitative estimate of drug-likeness (QED) is 0.120. The van der Waals surface area contributed by atoms with Crippen LogP contribution in [-0.4, -0.2) is 109 Å². The molecule has 0 bridgehead atoms. The molecule has 0 unspecified atom stereocenters. The lowest BCUT2D eigenvalue weighted by atomic mass is 10.3. The zero-order valence-corrected chi connectivity index (χ0v) is 23.6. The van der Waals surface area contributed by atoms with Crippen molar-refractivity contribution >= 4 is 53.1 Å². The molecule has 1 rings (SSSR count). The fraction of sp³-hybridized carbons (Fsp3) is 0.625. The van der Waals surface area contributed by atoms with Crippen LogP contribution in [0.25, 0.3) is 0 Å². The molecule has 40 heavy (non-hydrogen) atoms. The Balaban J connectivity index is 3.78. The van der Waals surface area contributed by atoms with E-state index in [1.165, 1.54) is 30.6 Å². The summed E-state index contributed by atoms with van der Waals surface area (Å²) in [4.78, 5) is 98.9. The molecule has 1 aromatic rings. The monoisotopic (exact) mass is 568 g/mol. The van der Waals surface area contributed by atoms with Gasteiger partial charge in [-0.15, -0.1) is 0 Å². The maximum absolute atomic E-state index is 12.4. The van der Waals surface area contributed by atoms with E-state index in [9.17, 15) is 28.8 Å². The fourth-order valence-electron chi connectivity index (χ4n) is 3.20. The zero-order valence-electron chi connectivity index (χ0n) is 23.6. The molecule has 1 heterocycles. The average Bonchev–Trinajstić information content (AvgIpc) is 2.85. The van der Waals surface area contributed by atoms with Crippen molar-refractivity contribution in [2.45, 2.75) is 41.5 Å². The van der Waals surface area contributed by atoms with Gasteiger partial charge in [-0.1, -0.05) is 0 Å². The second-order valence-electron chi connectivity index (χ2n) is 8.38. The third kappa shape index (κ3) is 12.6. The number of rotatable bonds is 19. The Morgan fingerprint density at radius 2 is 0.850 bits per heavy atom. The number of Topliss-reactive ketones (excluding diaryl/α,β-unsaturated/α-hetero) is 3. The largest absolute Gasteiger partial charge is 0.465 e. The minimum absolute atomic E-state index is 0.0562. The zero-order chi connectivity index (χ0) is 30.2. The number of anilines is 3. The van der Waals surface area contributed by atoms with Crippen LogP contribution in [0.5, 0.6) is 0 Å². The summed E-state index contributed by atoms with van der Waals surface area (Å²) in [6.45, 7) is 6.54. The summed E-state index contributed by atoms with van der Waals surface area (Å²) in [5.41, 5.74) is 0. The third-order valence-corrected chi connectivity index (χ3v) is 4.53. The molecular weight excluding hydrogens is 532 g/mol. The normalized spacial score (nSPS) is 10.3. The van der Waals surface area contributed by atoms with Crippen LogP contribution in [-0.2, 0) is 48.0 Å². The molecule has 1 aromatic heterocycles. The predicted molar refractivity (Wildman–Crippen MR) is 139 cm³/mol. The minimum Gasteiger partial charge on any atom is -0.465 e. The minimum atomic E-state index is -0.897. The number of esters is 2. The fourth-order valence-corrected chi connectivity index (χ4v) is 3.20. The van der Waals surface area contributed by atoms with Gasteiger partial charge in [-0.05, 0) is 41.5 Å². The van der Waals surface area contributed by atoms with Gasteiger partial charge in [0.25, 0.3) is 0 Å². The number of carbonyl (C=O) groups excluding carboxylic acids is 6. The molecule has 16 nitrogen and oxygen atoms in total. The van der Waals surface area contributed by atoms with Crippen LogP contribution in [0.15, 0.2) is 0 Å². The average molecular weight is 569 g/mol. The number of hydrogen-bond donors (Lipinski definition) is 0. The molecule has 0 amide bonds. The van der Waals surface area contributed by atoms with Crippen LogP contribution in [0.2, 0.25) is 0 Å². The van der Waals surface area contributed by atoms with Crippen molar-refractivity contribution in [2.75, 3.05) is 73.8 Å².